The maximum Gasteiger partial charge on any atom is 0.328 e. The standard InChI is InChI=1S/C22H21ClN4O4/c23-17-4-2-15(3-5-17)16-8-12-25(13-9-16)10-1-11-26-21(28)19-7-6-18(27(30)31)14-20(19)24-22(26)29/h2-8,14H,1,9-13H2,(H,24,29). The molecule has 1 N–H and O–H groups in total. The zero-order chi connectivity index (χ0) is 22.0. The van der Waals surface area contributed by atoms with Crippen LogP contribution in [-0.4, -0.2) is 39.0 Å². The lowest BCUT2D eigenvalue weighted by atomic mass is 9.99. The van der Waals surface area contributed by atoms with Crippen LogP contribution in [0.15, 0.2) is 58.1 Å². The average Bonchev–Trinajstić information content (AvgIpc) is 2.76. The van der Waals surface area contributed by atoms with Gasteiger partial charge < -0.3 is 4.98 Å². The minimum absolute atomic E-state index is 0.170. The fourth-order valence-corrected chi connectivity index (χ4v) is 3.98. The molecule has 160 valence electrons. The number of nitrogens with one attached hydrogen (secondary N) is 1. The second-order valence-electron chi connectivity index (χ2n) is 7.51. The van der Waals surface area contributed by atoms with Crippen LogP contribution in [0.25, 0.3) is 16.5 Å². The van der Waals surface area contributed by atoms with E-state index in [4.69, 9.17) is 11.6 Å². The van der Waals surface area contributed by atoms with Gasteiger partial charge in [0.05, 0.1) is 15.8 Å². The van der Waals surface area contributed by atoms with Crippen molar-refractivity contribution in [2.45, 2.75) is 19.4 Å². The van der Waals surface area contributed by atoms with Crippen LogP contribution in [0.3, 0.4) is 0 Å². The number of H-pyrrole nitrogens is 1. The molecular weight excluding hydrogens is 420 g/mol. The Bertz CT molecular complexity index is 1280. The highest BCUT2D eigenvalue weighted by molar-refractivity contribution is 6.30. The molecule has 2 aromatic carbocycles. The maximum atomic E-state index is 12.7. The Labute approximate surface area is 182 Å². The van der Waals surface area contributed by atoms with Crippen molar-refractivity contribution < 1.29 is 4.92 Å². The van der Waals surface area contributed by atoms with Gasteiger partial charge in [-0.2, -0.15) is 0 Å². The highest BCUT2D eigenvalue weighted by Crippen LogP contribution is 2.23. The molecule has 8 nitrogen and oxygen atoms in total. The lowest BCUT2D eigenvalue weighted by Crippen LogP contribution is -2.36. The normalized spacial score (nSPS) is 14.5. The second kappa shape index (κ2) is 8.87. The molecule has 4 rings (SSSR count). The number of aromatic amines is 1. The number of nitro benzene ring substituents is 1. The first-order valence-corrected chi connectivity index (χ1v) is 10.4. The lowest BCUT2D eigenvalue weighted by molar-refractivity contribution is -0.384. The Balaban J connectivity index is 1.40. The molecule has 3 aromatic rings. The maximum absolute atomic E-state index is 12.7. The van der Waals surface area contributed by atoms with Crippen LogP contribution in [-0.2, 0) is 6.54 Å². The minimum atomic E-state index is -0.561. The molecule has 0 fully saturated rings. The van der Waals surface area contributed by atoms with Gasteiger partial charge in [0.15, 0.2) is 0 Å². The number of benzene rings is 2. The van der Waals surface area contributed by atoms with Crippen LogP contribution in [0.2, 0.25) is 5.02 Å². The van der Waals surface area contributed by atoms with Crippen LogP contribution >= 0.6 is 11.6 Å². The van der Waals surface area contributed by atoms with E-state index in [0.29, 0.717) is 6.42 Å². The van der Waals surface area contributed by atoms with Crippen molar-refractivity contribution in [3.05, 3.63) is 90.1 Å². The highest BCUT2D eigenvalue weighted by atomic mass is 35.5. The molecule has 1 aromatic heterocycles. The van der Waals surface area contributed by atoms with E-state index in [0.717, 1.165) is 35.6 Å². The molecule has 0 atom stereocenters. The number of hydrogen-bond acceptors (Lipinski definition) is 5. The summed E-state index contributed by atoms with van der Waals surface area (Å²) >= 11 is 5.95. The van der Waals surface area contributed by atoms with Gasteiger partial charge in [0.1, 0.15) is 0 Å². The van der Waals surface area contributed by atoms with Gasteiger partial charge in [0.25, 0.3) is 11.2 Å². The SMILES string of the molecule is O=c1[nH]c2cc([N+](=O)[O-])ccc2c(=O)n1CCCN1CC=C(c2ccc(Cl)cc2)CC1. The van der Waals surface area contributed by atoms with Gasteiger partial charge in [-0.15, -0.1) is 0 Å². The van der Waals surface area contributed by atoms with Crippen molar-refractivity contribution in [2.24, 2.45) is 0 Å². The van der Waals surface area contributed by atoms with E-state index in [1.165, 1.54) is 29.3 Å². The Hall–Kier alpha value is -3.23. The van der Waals surface area contributed by atoms with Gasteiger partial charge in [-0.3, -0.25) is 24.4 Å². The first-order chi connectivity index (χ1) is 14.9. The molecule has 0 bridgehead atoms. The Morgan fingerprint density at radius 2 is 1.87 bits per heavy atom. The number of halogens is 1. The zero-order valence-corrected chi connectivity index (χ0v) is 17.5. The molecule has 2 heterocycles. The fraction of sp³-hybridized carbons (Fsp3) is 0.273. The third kappa shape index (κ3) is 4.60. The van der Waals surface area contributed by atoms with Crippen molar-refractivity contribution in [1.82, 2.24) is 14.5 Å². The van der Waals surface area contributed by atoms with E-state index in [9.17, 15) is 19.7 Å². The van der Waals surface area contributed by atoms with Crippen LogP contribution < -0.4 is 11.2 Å². The molecule has 31 heavy (non-hydrogen) atoms. The van der Waals surface area contributed by atoms with Crippen molar-refractivity contribution in [1.29, 1.82) is 0 Å². The van der Waals surface area contributed by atoms with E-state index in [2.05, 4.69) is 16.0 Å². The Morgan fingerprint density at radius 3 is 2.55 bits per heavy atom. The molecular formula is C22H21ClN4O4. The van der Waals surface area contributed by atoms with Crippen molar-refractivity contribution in [2.75, 3.05) is 19.6 Å². The zero-order valence-electron chi connectivity index (χ0n) is 16.7. The highest BCUT2D eigenvalue weighted by Gasteiger charge is 2.15. The molecule has 9 heteroatoms. The molecule has 0 spiro atoms. The predicted octanol–water partition coefficient (Wildman–Crippen LogP) is 3.43. The van der Waals surface area contributed by atoms with Gasteiger partial charge in [0.2, 0.25) is 0 Å². The Kier molecular flexibility index (Phi) is 6.01. The van der Waals surface area contributed by atoms with E-state index in [1.54, 1.807) is 0 Å². The summed E-state index contributed by atoms with van der Waals surface area (Å²) in [6.45, 7) is 2.76. The van der Waals surface area contributed by atoms with Gasteiger partial charge in [-0.1, -0.05) is 29.8 Å². The van der Waals surface area contributed by atoms with Gasteiger partial charge in [-0.25, -0.2) is 4.79 Å². The number of hydrogen-bond donors (Lipinski definition) is 1. The van der Waals surface area contributed by atoms with Gasteiger partial charge in [0, 0.05) is 43.3 Å². The summed E-state index contributed by atoms with van der Waals surface area (Å²) in [5.74, 6) is 0. The lowest BCUT2D eigenvalue weighted by Gasteiger charge is -2.26. The number of nitrogens with zero attached hydrogens (tertiary/aromatic N) is 3. The minimum Gasteiger partial charge on any atom is -0.306 e. The summed E-state index contributed by atoms with van der Waals surface area (Å²) in [6, 6.07) is 11.7. The molecule has 0 aliphatic carbocycles. The third-order valence-corrected chi connectivity index (χ3v) is 5.79. The van der Waals surface area contributed by atoms with E-state index in [1.807, 2.05) is 24.3 Å². The molecule has 0 radical (unpaired) electrons. The third-order valence-electron chi connectivity index (χ3n) is 5.54. The largest absolute Gasteiger partial charge is 0.328 e. The first kappa shape index (κ1) is 21.0. The van der Waals surface area contributed by atoms with Crippen molar-refractivity contribution >= 4 is 33.8 Å². The van der Waals surface area contributed by atoms with Crippen molar-refractivity contribution in [3.63, 3.8) is 0 Å². The molecule has 0 saturated heterocycles. The molecule has 0 amide bonds. The molecule has 0 unspecified atom stereocenters. The first-order valence-electron chi connectivity index (χ1n) is 10.0. The summed E-state index contributed by atoms with van der Waals surface area (Å²) in [5.41, 5.74) is 1.49. The topological polar surface area (TPSA) is 101 Å². The van der Waals surface area contributed by atoms with E-state index >= 15 is 0 Å². The smallest absolute Gasteiger partial charge is 0.306 e. The van der Waals surface area contributed by atoms with Gasteiger partial charge in [-0.05, 0) is 42.2 Å². The van der Waals surface area contributed by atoms with Crippen LogP contribution in [0, 0.1) is 10.1 Å². The summed E-state index contributed by atoms with van der Waals surface area (Å²) in [6.07, 6.45) is 3.77. The summed E-state index contributed by atoms with van der Waals surface area (Å²) in [5, 5.41) is 11.9. The number of nitro groups is 1. The monoisotopic (exact) mass is 440 g/mol. The van der Waals surface area contributed by atoms with E-state index < -0.39 is 16.2 Å². The van der Waals surface area contributed by atoms with E-state index in [-0.39, 0.29) is 23.1 Å². The number of aromatic nitrogens is 2. The second-order valence-corrected chi connectivity index (χ2v) is 7.95. The van der Waals surface area contributed by atoms with Crippen LogP contribution in [0.1, 0.15) is 18.4 Å². The quantitative estimate of drug-likeness (QED) is 0.467. The number of non-ortho nitro benzene ring substituents is 1. The fourth-order valence-electron chi connectivity index (χ4n) is 3.85. The van der Waals surface area contributed by atoms with Crippen LogP contribution in [0.5, 0.6) is 0 Å². The van der Waals surface area contributed by atoms with Crippen molar-refractivity contribution in [3.8, 4) is 0 Å². The summed E-state index contributed by atoms with van der Waals surface area (Å²) in [7, 11) is 0. The average molecular weight is 441 g/mol. The number of fused-ring (bicyclic) bond motifs is 1. The summed E-state index contributed by atoms with van der Waals surface area (Å²) in [4.78, 5) is 40.2. The van der Waals surface area contributed by atoms with Crippen LogP contribution in [0.4, 0.5) is 5.69 Å². The predicted molar refractivity (Wildman–Crippen MR) is 121 cm³/mol. The Morgan fingerprint density at radius 1 is 1.10 bits per heavy atom. The summed E-state index contributed by atoms with van der Waals surface area (Å²) < 4.78 is 1.16. The molecule has 1 aliphatic rings. The molecule has 1 aliphatic heterocycles. The molecule has 0 saturated carbocycles. The van der Waals surface area contributed by atoms with Gasteiger partial charge >= 0.3 is 5.69 Å². The number of rotatable bonds is 6.